The van der Waals surface area contributed by atoms with Gasteiger partial charge in [-0.3, -0.25) is 29.0 Å². The largest absolute Gasteiger partial charge is 0.497 e. The van der Waals surface area contributed by atoms with Crippen molar-refractivity contribution < 1.29 is 19.1 Å². The molecule has 3 aromatic rings. The first kappa shape index (κ1) is 19.3. The van der Waals surface area contributed by atoms with Gasteiger partial charge < -0.3 is 9.72 Å². The van der Waals surface area contributed by atoms with Gasteiger partial charge in [-0.25, -0.2) is 0 Å². The molecule has 2 atom stereocenters. The van der Waals surface area contributed by atoms with Crippen LogP contribution in [-0.4, -0.2) is 40.8 Å². The third-order valence-electron chi connectivity index (χ3n) is 5.93. The Morgan fingerprint density at radius 3 is 2.10 bits per heavy atom. The number of β-lactam (4-membered cyclic amide) rings is 1. The quantitative estimate of drug-likeness (QED) is 0.501. The van der Waals surface area contributed by atoms with Gasteiger partial charge in [0.05, 0.1) is 23.9 Å². The van der Waals surface area contributed by atoms with Crippen molar-refractivity contribution in [2.75, 3.05) is 12.0 Å². The van der Waals surface area contributed by atoms with Crippen molar-refractivity contribution in [2.45, 2.75) is 18.5 Å². The molecule has 31 heavy (non-hydrogen) atoms. The van der Waals surface area contributed by atoms with Gasteiger partial charge in [0.1, 0.15) is 17.3 Å². The van der Waals surface area contributed by atoms with Crippen molar-refractivity contribution in [3.8, 4) is 5.75 Å². The zero-order valence-electron chi connectivity index (χ0n) is 16.6. The molecule has 3 amide bonds. The average molecular weight is 435 g/mol. The first-order valence-corrected chi connectivity index (χ1v) is 10.4. The van der Waals surface area contributed by atoms with Gasteiger partial charge in [0, 0.05) is 11.1 Å². The number of carbonyl (C=O) groups is 3. The van der Waals surface area contributed by atoms with E-state index >= 15 is 0 Å². The van der Waals surface area contributed by atoms with E-state index in [0.717, 1.165) is 16.2 Å². The van der Waals surface area contributed by atoms with E-state index in [2.05, 4.69) is 4.98 Å². The van der Waals surface area contributed by atoms with E-state index in [0.29, 0.717) is 17.1 Å². The molecule has 3 heterocycles. The Labute approximate surface area is 180 Å². The molecule has 1 saturated heterocycles. The van der Waals surface area contributed by atoms with Gasteiger partial charge in [-0.15, -0.1) is 0 Å². The molecule has 0 saturated carbocycles. The van der Waals surface area contributed by atoms with Gasteiger partial charge in [-0.05, 0) is 43.3 Å². The van der Waals surface area contributed by atoms with Crippen LogP contribution in [0.4, 0.5) is 5.69 Å². The molecule has 0 bridgehead atoms. The van der Waals surface area contributed by atoms with Crippen LogP contribution in [0.1, 0.15) is 33.3 Å². The smallest absolute Gasteiger partial charge is 0.304 e. The van der Waals surface area contributed by atoms with E-state index in [1.807, 2.05) is 0 Å². The first-order chi connectivity index (χ1) is 14.9. The summed E-state index contributed by atoms with van der Waals surface area (Å²) in [6.45, 7) is 1.74. The number of hydrogen-bond acceptors (Lipinski definition) is 6. The molecular formula is C22H17N3O5S. The number of aromatic amines is 1. The zero-order chi connectivity index (χ0) is 21.9. The number of carbonyl (C=O) groups excluding carboxylic acids is 3. The summed E-state index contributed by atoms with van der Waals surface area (Å²) in [7, 11) is 1.54. The van der Waals surface area contributed by atoms with Gasteiger partial charge >= 0.3 is 4.87 Å². The number of anilines is 1. The van der Waals surface area contributed by atoms with Crippen molar-refractivity contribution in [1.29, 1.82) is 0 Å². The summed E-state index contributed by atoms with van der Waals surface area (Å²) >= 11 is 0.961. The summed E-state index contributed by atoms with van der Waals surface area (Å²) in [5.74, 6) is -0.817. The molecule has 9 heteroatoms. The van der Waals surface area contributed by atoms with Crippen LogP contribution >= 0.6 is 11.3 Å². The number of ether oxygens (including phenoxy) is 1. The lowest BCUT2D eigenvalue weighted by atomic mass is 9.76. The van der Waals surface area contributed by atoms with E-state index < -0.39 is 29.3 Å². The highest BCUT2D eigenvalue weighted by atomic mass is 32.1. The molecule has 2 aromatic carbocycles. The summed E-state index contributed by atoms with van der Waals surface area (Å²) in [5, 5.41) is 1.62. The minimum atomic E-state index is -1.14. The number of amides is 3. The fourth-order valence-corrected chi connectivity index (χ4v) is 5.06. The third kappa shape index (κ3) is 2.53. The number of thiazole rings is 1. The Kier molecular flexibility index (Phi) is 4.13. The van der Waals surface area contributed by atoms with Crippen LogP contribution in [0.15, 0.2) is 58.7 Å². The Balaban J connectivity index is 1.63. The fraction of sp³-hybridized carbons (Fsp3) is 0.182. The van der Waals surface area contributed by atoms with Crippen LogP contribution in [0.2, 0.25) is 0 Å². The lowest BCUT2D eigenvalue weighted by molar-refractivity contribution is -0.135. The third-order valence-corrected chi connectivity index (χ3v) is 6.60. The Bertz CT molecular complexity index is 1260. The predicted octanol–water partition coefficient (Wildman–Crippen LogP) is 2.37. The molecule has 0 radical (unpaired) electrons. The summed E-state index contributed by atoms with van der Waals surface area (Å²) < 4.78 is 5.19. The van der Waals surface area contributed by atoms with Gasteiger partial charge in [0.15, 0.2) is 0 Å². The average Bonchev–Trinajstić information content (AvgIpc) is 3.32. The number of aromatic nitrogens is 1. The molecule has 156 valence electrons. The molecule has 2 aliphatic heterocycles. The summed E-state index contributed by atoms with van der Waals surface area (Å²) in [6, 6.07) is 12.3. The van der Waals surface area contributed by atoms with Crippen LogP contribution in [0, 0.1) is 0 Å². The molecule has 0 spiro atoms. The number of imide groups is 1. The predicted molar refractivity (Wildman–Crippen MR) is 114 cm³/mol. The van der Waals surface area contributed by atoms with Crippen LogP contribution < -0.4 is 14.5 Å². The number of nitrogens with zero attached hydrogens (tertiary/aromatic N) is 2. The number of nitrogens with one attached hydrogen (secondary N) is 1. The SMILES string of the molecule is COc1ccc(N2C(=O)[C@@H](N3C(=O)c4ccccc4C3=O)[C@@]2(C)c2csc(=O)[nH]2)cc1. The van der Waals surface area contributed by atoms with Crippen LogP contribution in [0.3, 0.4) is 0 Å². The summed E-state index contributed by atoms with van der Waals surface area (Å²) in [4.78, 5) is 56.5. The van der Waals surface area contributed by atoms with Crippen LogP contribution in [0.5, 0.6) is 5.75 Å². The van der Waals surface area contributed by atoms with Gasteiger partial charge in [-0.2, -0.15) is 0 Å². The van der Waals surface area contributed by atoms with Crippen molar-refractivity contribution in [1.82, 2.24) is 9.88 Å². The van der Waals surface area contributed by atoms with Crippen molar-refractivity contribution in [2.24, 2.45) is 0 Å². The van der Waals surface area contributed by atoms with Gasteiger partial charge in [0.25, 0.3) is 17.7 Å². The molecule has 0 aliphatic carbocycles. The van der Waals surface area contributed by atoms with Crippen molar-refractivity contribution >= 4 is 34.7 Å². The first-order valence-electron chi connectivity index (χ1n) is 9.51. The standard InChI is InChI=1S/C22H17N3O5S/c1-22(16-11-31-21(29)23-16)17(20(28)25(22)12-7-9-13(30-2)10-8-12)24-18(26)14-5-3-4-6-15(14)19(24)27/h3-11,17H,1-2H3,(H,23,29)/t17-,22-/m1/s1. The maximum atomic E-state index is 13.4. The summed E-state index contributed by atoms with van der Waals surface area (Å²) in [6.07, 6.45) is 0. The van der Waals surface area contributed by atoms with Gasteiger partial charge in [-0.1, -0.05) is 23.5 Å². The van der Waals surface area contributed by atoms with Crippen LogP contribution in [0.25, 0.3) is 0 Å². The van der Waals surface area contributed by atoms with E-state index in [4.69, 9.17) is 4.74 Å². The highest BCUT2D eigenvalue weighted by Crippen LogP contribution is 2.48. The van der Waals surface area contributed by atoms with Crippen molar-refractivity contribution in [3.63, 3.8) is 0 Å². The maximum Gasteiger partial charge on any atom is 0.304 e. The number of rotatable bonds is 4. The monoisotopic (exact) mass is 435 g/mol. The summed E-state index contributed by atoms with van der Waals surface area (Å²) in [5.41, 5.74) is 0.416. The molecule has 8 nitrogen and oxygen atoms in total. The molecule has 5 rings (SSSR count). The Hall–Kier alpha value is -3.72. The van der Waals surface area contributed by atoms with Crippen LogP contribution in [-0.2, 0) is 10.3 Å². The molecule has 1 N–H and O–H groups in total. The van der Waals surface area contributed by atoms with E-state index in [-0.39, 0.29) is 16.0 Å². The molecule has 0 unspecified atom stereocenters. The lowest BCUT2D eigenvalue weighted by Crippen LogP contribution is -2.77. The number of benzene rings is 2. The minimum Gasteiger partial charge on any atom is -0.497 e. The maximum absolute atomic E-state index is 13.4. The minimum absolute atomic E-state index is 0.268. The van der Waals surface area contributed by atoms with E-state index in [1.54, 1.807) is 67.9 Å². The molecule has 1 fully saturated rings. The number of hydrogen-bond donors (Lipinski definition) is 1. The lowest BCUT2D eigenvalue weighted by Gasteiger charge is -2.56. The number of fused-ring (bicyclic) bond motifs is 1. The van der Waals surface area contributed by atoms with E-state index in [9.17, 15) is 19.2 Å². The highest BCUT2D eigenvalue weighted by molar-refractivity contribution is 7.07. The van der Waals surface area contributed by atoms with Gasteiger partial charge in [0.2, 0.25) is 0 Å². The Morgan fingerprint density at radius 1 is 0.968 bits per heavy atom. The zero-order valence-corrected chi connectivity index (χ0v) is 17.4. The normalized spacial score (nSPS) is 22.5. The number of H-pyrrole nitrogens is 1. The molecule has 1 aromatic heterocycles. The fourth-order valence-electron chi connectivity index (χ4n) is 4.37. The molecular weight excluding hydrogens is 418 g/mol. The topological polar surface area (TPSA) is 99.8 Å². The highest BCUT2D eigenvalue weighted by Gasteiger charge is 2.65. The second kappa shape index (κ2) is 6.64. The van der Waals surface area contributed by atoms with E-state index in [1.165, 1.54) is 4.90 Å². The second-order valence-corrected chi connectivity index (χ2v) is 8.35. The molecule has 2 aliphatic rings. The van der Waals surface area contributed by atoms with Crippen molar-refractivity contribution in [3.05, 3.63) is 80.4 Å². The number of methoxy groups -OCH3 is 1. The second-order valence-electron chi connectivity index (χ2n) is 7.51. The Morgan fingerprint density at radius 2 is 1.58 bits per heavy atom.